The first kappa shape index (κ1) is 42.9. The molecule has 1 heterocycles. The molecule has 6 N–H and O–H groups in total. The van der Waals surface area contributed by atoms with Gasteiger partial charge >= 0.3 is 27.3 Å². The van der Waals surface area contributed by atoms with Gasteiger partial charge in [-0.1, -0.05) is 91.0 Å². The Morgan fingerprint density at radius 3 is 1.09 bits per heavy atom. The molecule has 17 heteroatoms. The first-order valence-corrected chi connectivity index (χ1v) is 15.4. The molecule has 14 nitrogen and oxygen atoms in total. The van der Waals surface area contributed by atoms with Crippen molar-refractivity contribution in [2.24, 2.45) is 17.2 Å². The monoisotopic (exact) mass is 768 g/mol. The Hall–Kier alpha value is -2.11. The minimum Gasteiger partial charge on any atom is -0.329 e. The summed E-state index contributed by atoms with van der Waals surface area (Å²) in [5, 5.41) is 0. The Balaban J connectivity index is 0.000000767. The standard InChI is InChI=1S/C22H18N2.C6H18N4.Cd.2ClHO4/c1-4-10-19(11-5-1)22(24-17-16-23-18-24,20-12-6-2-7-13-20)21-14-8-3-9-15-21;7-1-4-10(5-2-8)6-3-9;;2*2-1(3,4)5/h1-18H;1-9H2;;2*(H,2,3,4,5)/q;;+2;;/p-2. The van der Waals surface area contributed by atoms with Crippen LogP contribution in [0.2, 0.25) is 0 Å². The van der Waals surface area contributed by atoms with Gasteiger partial charge in [0.25, 0.3) is 0 Å². The Morgan fingerprint density at radius 2 is 0.867 bits per heavy atom. The number of halogens is 2. The zero-order valence-electron chi connectivity index (χ0n) is 24.4. The summed E-state index contributed by atoms with van der Waals surface area (Å²) in [6, 6.07) is 31.8. The summed E-state index contributed by atoms with van der Waals surface area (Å²) in [4.78, 5) is 6.49. The number of imidazole rings is 1. The third kappa shape index (κ3) is 17.4. The van der Waals surface area contributed by atoms with Gasteiger partial charge in [-0.15, -0.1) is 20.5 Å². The molecular formula is C28H36CdCl2N6O8. The van der Waals surface area contributed by atoms with Crippen LogP contribution in [-0.4, -0.2) is 53.7 Å². The van der Waals surface area contributed by atoms with Crippen LogP contribution in [-0.2, 0) is 32.8 Å². The van der Waals surface area contributed by atoms with E-state index in [1.54, 1.807) is 0 Å². The molecule has 45 heavy (non-hydrogen) atoms. The number of aromatic nitrogens is 2. The van der Waals surface area contributed by atoms with Gasteiger partial charge in [-0.25, -0.2) is 42.3 Å². The van der Waals surface area contributed by atoms with Gasteiger partial charge < -0.3 is 21.8 Å². The van der Waals surface area contributed by atoms with E-state index in [4.69, 9.17) is 54.5 Å². The molecule has 4 rings (SSSR count). The third-order valence-corrected chi connectivity index (χ3v) is 5.80. The van der Waals surface area contributed by atoms with Crippen molar-refractivity contribution < 1.29 is 85.1 Å². The zero-order chi connectivity index (χ0) is 33.1. The maximum Gasteiger partial charge on any atom is 2.00 e. The average Bonchev–Trinajstić information content (AvgIpc) is 3.50. The number of nitrogens with zero attached hydrogens (tertiary/aromatic N) is 3. The van der Waals surface area contributed by atoms with E-state index in [9.17, 15) is 0 Å². The second kappa shape index (κ2) is 22.4. The average molecular weight is 768 g/mol. The van der Waals surface area contributed by atoms with E-state index >= 15 is 0 Å². The van der Waals surface area contributed by atoms with Crippen molar-refractivity contribution in [1.82, 2.24) is 14.5 Å². The van der Waals surface area contributed by atoms with E-state index in [0.29, 0.717) is 19.6 Å². The van der Waals surface area contributed by atoms with Gasteiger partial charge in [-0.3, -0.25) is 4.90 Å². The van der Waals surface area contributed by atoms with Crippen LogP contribution in [0.1, 0.15) is 16.7 Å². The molecule has 0 unspecified atom stereocenters. The topological polar surface area (TPSA) is 284 Å². The predicted octanol–water partition coefficient (Wildman–Crippen LogP) is -6.63. The molecule has 0 radical (unpaired) electrons. The molecule has 242 valence electrons. The summed E-state index contributed by atoms with van der Waals surface area (Å²) < 4.78 is 70.1. The van der Waals surface area contributed by atoms with Crippen LogP contribution in [0.3, 0.4) is 0 Å². The molecule has 3 aromatic carbocycles. The quantitative estimate of drug-likeness (QED) is 0.100. The fourth-order valence-electron chi connectivity index (χ4n) is 4.33. The molecule has 0 saturated heterocycles. The Labute approximate surface area is 286 Å². The Bertz CT molecular complexity index is 1120. The zero-order valence-corrected chi connectivity index (χ0v) is 30.0. The molecule has 0 spiro atoms. The molecule has 1 aromatic heterocycles. The van der Waals surface area contributed by atoms with Crippen LogP contribution < -0.4 is 54.5 Å². The summed E-state index contributed by atoms with van der Waals surface area (Å²) in [5.74, 6) is 0. The molecule has 0 amide bonds. The largest absolute Gasteiger partial charge is 2.00 e. The van der Waals surface area contributed by atoms with Crippen molar-refractivity contribution in [2.75, 3.05) is 39.3 Å². The summed E-state index contributed by atoms with van der Waals surface area (Å²) in [5.41, 5.74) is 19.3. The number of rotatable bonds is 10. The first-order valence-electron chi connectivity index (χ1n) is 13.0. The van der Waals surface area contributed by atoms with Gasteiger partial charge in [0.2, 0.25) is 0 Å². The fraction of sp³-hybridized carbons (Fsp3) is 0.250. The maximum atomic E-state index is 8.49. The summed E-state index contributed by atoms with van der Waals surface area (Å²) in [6.07, 6.45) is 5.77. The minimum atomic E-state index is -4.94. The smallest absolute Gasteiger partial charge is 0.329 e. The fourth-order valence-corrected chi connectivity index (χ4v) is 4.33. The van der Waals surface area contributed by atoms with E-state index in [1.807, 2.05) is 18.7 Å². The van der Waals surface area contributed by atoms with Gasteiger partial charge in [0.15, 0.2) is 0 Å². The SMILES string of the molecule is NCCN(CCN)CCN.[Cd+2].[O-][Cl+3]([O-])([O-])[O-].[O-][Cl+3]([O-])([O-])[O-].c1ccc(C(c2ccccc2)(c2ccccc2)n2ccnc2)cc1. The molecule has 0 bridgehead atoms. The molecule has 4 aromatic rings. The van der Waals surface area contributed by atoms with E-state index in [0.717, 1.165) is 19.6 Å². The van der Waals surface area contributed by atoms with Crippen LogP contribution in [0, 0.1) is 20.5 Å². The van der Waals surface area contributed by atoms with Crippen molar-refractivity contribution in [1.29, 1.82) is 0 Å². The molecule has 0 aliphatic heterocycles. The third-order valence-electron chi connectivity index (χ3n) is 5.80. The summed E-state index contributed by atoms with van der Waals surface area (Å²) in [7, 11) is -9.89. The Kier molecular flexibility index (Phi) is 21.4. The molecular weight excluding hydrogens is 732 g/mol. The van der Waals surface area contributed by atoms with Gasteiger partial charge in [0.05, 0.1) is 6.33 Å². The van der Waals surface area contributed by atoms with Crippen molar-refractivity contribution in [3.8, 4) is 0 Å². The van der Waals surface area contributed by atoms with Crippen molar-refractivity contribution in [3.05, 3.63) is 126 Å². The molecule has 0 aliphatic rings. The molecule has 0 saturated carbocycles. The molecule has 0 atom stereocenters. The van der Waals surface area contributed by atoms with E-state index in [2.05, 4.69) is 105 Å². The number of nitrogens with two attached hydrogens (primary N) is 3. The summed E-state index contributed by atoms with van der Waals surface area (Å²) >= 11 is 0. The van der Waals surface area contributed by atoms with Crippen molar-refractivity contribution in [2.45, 2.75) is 5.54 Å². The number of hydrogen-bond donors (Lipinski definition) is 3. The van der Waals surface area contributed by atoms with E-state index in [1.165, 1.54) is 16.7 Å². The normalized spacial score (nSPS) is 11.1. The second-order valence-electron chi connectivity index (χ2n) is 8.74. The maximum absolute atomic E-state index is 8.49. The predicted molar refractivity (Wildman–Crippen MR) is 140 cm³/mol. The van der Waals surface area contributed by atoms with Crippen LogP contribution >= 0.6 is 0 Å². The number of hydrogen-bond acceptors (Lipinski definition) is 13. The van der Waals surface area contributed by atoms with Crippen LogP contribution in [0.5, 0.6) is 0 Å². The first-order chi connectivity index (χ1) is 20.8. The second-order valence-corrected chi connectivity index (χ2v) is 10.3. The van der Waals surface area contributed by atoms with E-state index in [-0.39, 0.29) is 27.3 Å². The number of benzene rings is 3. The Morgan fingerprint density at radius 1 is 0.578 bits per heavy atom. The van der Waals surface area contributed by atoms with Crippen LogP contribution in [0.15, 0.2) is 110 Å². The van der Waals surface area contributed by atoms with Crippen LogP contribution in [0.4, 0.5) is 0 Å². The van der Waals surface area contributed by atoms with Gasteiger partial charge in [0, 0.05) is 51.7 Å². The summed E-state index contributed by atoms with van der Waals surface area (Å²) in [6.45, 7) is 4.73. The van der Waals surface area contributed by atoms with Gasteiger partial charge in [-0.2, -0.15) is 0 Å². The minimum absolute atomic E-state index is 0. The van der Waals surface area contributed by atoms with E-state index < -0.39 is 26.0 Å². The van der Waals surface area contributed by atoms with Crippen molar-refractivity contribution in [3.63, 3.8) is 0 Å². The van der Waals surface area contributed by atoms with Gasteiger partial charge in [0.1, 0.15) is 5.54 Å². The molecule has 0 aliphatic carbocycles. The van der Waals surface area contributed by atoms with Gasteiger partial charge in [-0.05, 0) is 16.7 Å². The van der Waals surface area contributed by atoms with Crippen LogP contribution in [0.25, 0.3) is 0 Å². The molecule has 0 fully saturated rings. The van der Waals surface area contributed by atoms with Crippen molar-refractivity contribution >= 4 is 0 Å².